The molecule has 22 heavy (non-hydrogen) atoms. The monoisotopic (exact) mass is 329 g/mol. The molecule has 0 aromatic carbocycles. The number of aliphatic carboxylic acids is 1. The number of halogens is 3. The van der Waals surface area contributed by atoms with Crippen molar-refractivity contribution >= 4 is 12.1 Å². The lowest BCUT2D eigenvalue weighted by atomic mass is 10.0. The van der Waals surface area contributed by atoms with Crippen molar-refractivity contribution in [3.8, 4) is 0 Å². The van der Waals surface area contributed by atoms with Gasteiger partial charge in [-0.05, 0) is 20.8 Å². The number of carboxylic acid groups (broad SMARTS) is 1. The molecule has 1 aliphatic rings. The van der Waals surface area contributed by atoms with Crippen molar-refractivity contribution in [2.75, 3.05) is 19.7 Å². The van der Waals surface area contributed by atoms with Gasteiger partial charge in [0.25, 0.3) is 0 Å². The second-order valence-electron chi connectivity index (χ2n) is 6.03. The molecular formula is C12H18F3NO6. The van der Waals surface area contributed by atoms with Gasteiger partial charge in [-0.3, -0.25) is 0 Å². The summed E-state index contributed by atoms with van der Waals surface area (Å²) in [6.07, 6.45) is -7.95. The van der Waals surface area contributed by atoms with Crippen LogP contribution in [0.25, 0.3) is 0 Å². The van der Waals surface area contributed by atoms with E-state index >= 15 is 0 Å². The molecule has 128 valence electrons. The SMILES string of the molecule is CC(C)(C)OC(=O)N1C[C@@H](C(=O)O)OCC(O)(C(F)(F)F)C1. The minimum Gasteiger partial charge on any atom is -0.479 e. The number of amides is 1. The van der Waals surface area contributed by atoms with Crippen LogP contribution >= 0.6 is 0 Å². The van der Waals surface area contributed by atoms with Gasteiger partial charge in [0.1, 0.15) is 5.60 Å². The number of hydrogen-bond donors (Lipinski definition) is 2. The van der Waals surface area contributed by atoms with Crippen molar-refractivity contribution in [1.29, 1.82) is 0 Å². The van der Waals surface area contributed by atoms with E-state index in [-0.39, 0.29) is 0 Å². The number of hydrogen-bond acceptors (Lipinski definition) is 5. The van der Waals surface area contributed by atoms with Gasteiger partial charge >= 0.3 is 18.2 Å². The van der Waals surface area contributed by atoms with Crippen LogP contribution in [0, 0.1) is 0 Å². The van der Waals surface area contributed by atoms with E-state index < -0.39 is 55.2 Å². The number of nitrogens with zero attached hydrogens (tertiary/aromatic N) is 1. The van der Waals surface area contributed by atoms with E-state index in [1.54, 1.807) is 0 Å². The quantitative estimate of drug-likeness (QED) is 0.745. The van der Waals surface area contributed by atoms with Crippen molar-refractivity contribution in [1.82, 2.24) is 4.90 Å². The molecule has 7 nitrogen and oxygen atoms in total. The van der Waals surface area contributed by atoms with Crippen LogP contribution in [0.4, 0.5) is 18.0 Å². The second kappa shape index (κ2) is 5.92. The summed E-state index contributed by atoms with van der Waals surface area (Å²) in [4.78, 5) is 23.4. The van der Waals surface area contributed by atoms with Gasteiger partial charge in [0.2, 0.25) is 5.60 Å². The fraction of sp³-hybridized carbons (Fsp3) is 0.833. The van der Waals surface area contributed by atoms with E-state index in [1.165, 1.54) is 20.8 Å². The fourth-order valence-electron chi connectivity index (χ4n) is 1.70. The maximum atomic E-state index is 13.0. The van der Waals surface area contributed by atoms with Crippen molar-refractivity contribution in [3.63, 3.8) is 0 Å². The Bertz CT molecular complexity index is 447. The van der Waals surface area contributed by atoms with Crippen molar-refractivity contribution < 1.29 is 42.4 Å². The molecule has 2 N–H and O–H groups in total. The molecule has 1 fully saturated rings. The van der Waals surface area contributed by atoms with Gasteiger partial charge in [0, 0.05) is 0 Å². The molecule has 0 aromatic heterocycles. The first kappa shape index (κ1) is 18.5. The third-order valence-electron chi connectivity index (χ3n) is 2.82. The average molecular weight is 329 g/mol. The number of carbonyl (C=O) groups excluding carboxylic acids is 1. The lowest BCUT2D eigenvalue weighted by molar-refractivity contribution is -0.274. The van der Waals surface area contributed by atoms with Crippen LogP contribution in [0.5, 0.6) is 0 Å². The summed E-state index contributed by atoms with van der Waals surface area (Å²) in [5.74, 6) is -1.54. The molecule has 0 aliphatic carbocycles. The number of aliphatic hydroxyl groups is 1. The summed E-state index contributed by atoms with van der Waals surface area (Å²) in [5.41, 5.74) is -4.35. The first-order valence-electron chi connectivity index (χ1n) is 6.37. The Morgan fingerprint density at radius 2 is 1.86 bits per heavy atom. The molecule has 0 saturated carbocycles. The third kappa shape index (κ3) is 4.47. The van der Waals surface area contributed by atoms with Crippen LogP contribution in [0.3, 0.4) is 0 Å². The Morgan fingerprint density at radius 3 is 2.27 bits per heavy atom. The summed E-state index contributed by atoms with van der Waals surface area (Å²) < 4.78 is 48.4. The van der Waals surface area contributed by atoms with E-state index in [0.717, 1.165) is 0 Å². The highest BCUT2D eigenvalue weighted by molar-refractivity contribution is 5.75. The summed E-state index contributed by atoms with van der Waals surface area (Å²) in [6, 6.07) is 0. The molecule has 2 atom stereocenters. The molecule has 1 saturated heterocycles. The van der Waals surface area contributed by atoms with Gasteiger partial charge in [-0.1, -0.05) is 0 Å². The van der Waals surface area contributed by atoms with E-state index in [1.807, 2.05) is 0 Å². The topological polar surface area (TPSA) is 96.3 Å². The van der Waals surface area contributed by atoms with E-state index in [2.05, 4.69) is 4.74 Å². The predicted octanol–water partition coefficient (Wildman–Crippen LogP) is 1.00. The highest BCUT2D eigenvalue weighted by Crippen LogP contribution is 2.33. The number of alkyl halides is 3. The second-order valence-corrected chi connectivity index (χ2v) is 6.03. The molecule has 1 heterocycles. The number of carboxylic acids is 1. The zero-order valence-electron chi connectivity index (χ0n) is 12.3. The van der Waals surface area contributed by atoms with Gasteiger partial charge < -0.3 is 24.6 Å². The van der Waals surface area contributed by atoms with Gasteiger partial charge in [0.15, 0.2) is 6.10 Å². The molecule has 1 rings (SSSR count). The Kier molecular flexibility index (Phi) is 4.98. The van der Waals surface area contributed by atoms with Crippen LogP contribution in [-0.2, 0) is 14.3 Å². The van der Waals surface area contributed by atoms with E-state index in [4.69, 9.17) is 9.84 Å². The zero-order valence-corrected chi connectivity index (χ0v) is 12.3. The van der Waals surface area contributed by atoms with Crippen LogP contribution in [0.15, 0.2) is 0 Å². The van der Waals surface area contributed by atoms with Crippen molar-refractivity contribution in [2.45, 2.75) is 44.3 Å². The minimum absolute atomic E-state index is 0.491. The van der Waals surface area contributed by atoms with Crippen LogP contribution < -0.4 is 0 Å². The highest BCUT2D eigenvalue weighted by Gasteiger charge is 2.57. The van der Waals surface area contributed by atoms with Crippen LogP contribution in [0.1, 0.15) is 20.8 Å². The molecule has 1 unspecified atom stereocenters. The maximum absolute atomic E-state index is 13.0. The summed E-state index contributed by atoms with van der Waals surface area (Å²) >= 11 is 0. The predicted molar refractivity (Wildman–Crippen MR) is 66.2 cm³/mol. The Morgan fingerprint density at radius 1 is 1.32 bits per heavy atom. The van der Waals surface area contributed by atoms with Gasteiger partial charge in [-0.25, -0.2) is 9.59 Å². The molecule has 0 radical (unpaired) electrons. The summed E-state index contributed by atoms with van der Waals surface area (Å²) in [5, 5.41) is 18.6. The number of ether oxygens (including phenoxy) is 2. The highest BCUT2D eigenvalue weighted by atomic mass is 19.4. The molecular weight excluding hydrogens is 311 g/mol. The normalized spacial score (nSPS) is 27.2. The largest absolute Gasteiger partial charge is 0.479 e. The fourth-order valence-corrected chi connectivity index (χ4v) is 1.70. The lowest BCUT2D eigenvalue weighted by Gasteiger charge is -2.33. The van der Waals surface area contributed by atoms with Gasteiger partial charge in [0.05, 0.1) is 19.7 Å². The molecule has 0 spiro atoms. The Hall–Kier alpha value is -1.55. The average Bonchev–Trinajstić information content (AvgIpc) is 2.46. The lowest BCUT2D eigenvalue weighted by Crippen LogP contribution is -2.56. The van der Waals surface area contributed by atoms with Crippen LogP contribution in [-0.4, -0.2) is 70.4 Å². The number of carbonyl (C=O) groups is 2. The summed E-state index contributed by atoms with van der Waals surface area (Å²) in [7, 11) is 0. The first-order valence-corrected chi connectivity index (χ1v) is 6.37. The minimum atomic E-state index is -5.10. The van der Waals surface area contributed by atoms with Gasteiger partial charge in [-0.15, -0.1) is 0 Å². The molecule has 0 bridgehead atoms. The molecule has 1 amide bonds. The molecule has 10 heteroatoms. The van der Waals surface area contributed by atoms with E-state index in [9.17, 15) is 27.9 Å². The van der Waals surface area contributed by atoms with Crippen molar-refractivity contribution in [3.05, 3.63) is 0 Å². The molecule has 0 aromatic rings. The smallest absolute Gasteiger partial charge is 0.421 e. The zero-order chi connectivity index (χ0) is 17.3. The van der Waals surface area contributed by atoms with Crippen molar-refractivity contribution in [2.24, 2.45) is 0 Å². The maximum Gasteiger partial charge on any atom is 0.421 e. The third-order valence-corrected chi connectivity index (χ3v) is 2.82. The van der Waals surface area contributed by atoms with Crippen LogP contribution in [0.2, 0.25) is 0 Å². The Labute approximate surface area is 124 Å². The Balaban J connectivity index is 3.05. The van der Waals surface area contributed by atoms with Gasteiger partial charge in [-0.2, -0.15) is 13.2 Å². The number of rotatable bonds is 1. The number of β-amino-alcohol motifs (C(OH)–C–C–N with tert-alkyl or cyclic N) is 1. The summed E-state index contributed by atoms with van der Waals surface area (Å²) in [6.45, 7) is 1.39. The molecule has 1 aliphatic heterocycles. The first-order chi connectivity index (χ1) is 9.75. The standard InChI is InChI=1S/C12H18F3NO6/c1-10(2,3)22-9(19)16-4-7(8(17)18)21-6-11(20,5-16)12(13,14)15/h7,20H,4-6H2,1-3H3,(H,17,18)/t7-,11?/m0/s1. The van der Waals surface area contributed by atoms with E-state index in [0.29, 0.717) is 4.90 Å².